The Bertz CT molecular complexity index is 578. The lowest BCUT2D eigenvalue weighted by molar-refractivity contribution is 0.144. The van der Waals surface area contributed by atoms with E-state index in [0.717, 1.165) is 31.2 Å². The fourth-order valence-electron chi connectivity index (χ4n) is 2.80. The second-order valence-electron chi connectivity index (χ2n) is 5.88. The van der Waals surface area contributed by atoms with Crippen LogP contribution in [0.4, 0.5) is 4.79 Å². The molecule has 1 aliphatic rings. The largest absolute Gasteiger partial charge is 0.488 e. The Morgan fingerprint density at radius 3 is 2.71 bits per heavy atom. The first-order chi connectivity index (χ1) is 11.5. The number of methoxy groups -OCH3 is 2. The summed E-state index contributed by atoms with van der Waals surface area (Å²) in [5.41, 5.74) is 0.476. The smallest absolute Gasteiger partial charge is 0.405 e. The molecule has 0 saturated heterocycles. The molecule has 2 rings (SSSR count). The summed E-state index contributed by atoms with van der Waals surface area (Å²) in [4.78, 5) is 15.4. The van der Waals surface area contributed by atoms with E-state index in [1.165, 1.54) is 7.11 Å². The molecule has 1 aromatic heterocycles. The van der Waals surface area contributed by atoms with Crippen molar-refractivity contribution in [2.45, 2.75) is 37.6 Å². The van der Waals surface area contributed by atoms with Gasteiger partial charge in [-0.05, 0) is 53.2 Å². The molecular weight excluding hydrogens is 380 g/mol. The zero-order valence-electron chi connectivity index (χ0n) is 13.9. The minimum Gasteiger partial charge on any atom is -0.488 e. The van der Waals surface area contributed by atoms with Crippen LogP contribution in [-0.4, -0.2) is 49.2 Å². The molecule has 0 spiro atoms. The number of carbonyl (C=O) groups is 1. The van der Waals surface area contributed by atoms with Gasteiger partial charge in [0.15, 0.2) is 5.75 Å². The van der Waals surface area contributed by atoms with Gasteiger partial charge >= 0.3 is 6.09 Å². The third-order valence-electron chi connectivity index (χ3n) is 4.14. The summed E-state index contributed by atoms with van der Waals surface area (Å²) in [5, 5.41) is 11.7. The van der Waals surface area contributed by atoms with Gasteiger partial charge in [-0.25, -0.2) is 9.78 Å². The van der Waals surface area contributed by atoms with Crippen LogP contribution in [-0.2, 0) is 11.2 Å². The molecule has 0 aromatic carbocycles. The lowest BCUT2D eigenvalue weighted by Crippen LogP contribution is -2.54. The van der Waals surface area contributed by atoms with Gasteiger partial charge in [-0.1, -0.05) is 0 Å². The SMILES string of the molecule is COCCCOc1cc(CC2(NC(=O)O)CCC2)c(Br)nc1OC. The Morgan fingerprint density at radius 2 is 2.17 bits per heavy atom. The zero-order valence-corrected chi connectivity index (χ0v) is 15.5. The van der Waals surface area contributed by atoms with Gasteiger partial charge in [-0.2, -0.15) is 0 Å². The van der Waals surface area contributed by atoms with Gasteiger partial charge in [0.25, 0.3) is 5.88 Å². The molecule has 1 heterocycles. The van der Waals surface area contributed by atoms with Crippen molar-refractivity contribution in [1.82, 2.24) is 10.3 Å². The van der Waals surface area contributed by atoms with Crippen molar-refractivity contribution >= 4 is 22.0 Å². The highest BCUT2D eigenvalue weighted by Gasteiger charge is 2.39. The first-order valence-electron chi connectivity index (χ1n) is 7.86. The molecule has 1 aliphatic carbocycles. The fourth-order valence-corrected chi connectivity index (χ4v) is 3.21. The Morgan fingerprint density at radius 1 is 1.42 bits per heavy atom. The molecule has 1 fully saturated rings. The molecular formula is C16H23BrN2O5. The van der Waals surface area contributed by atoms with E-state index in [-0.39, 0.29) is 0 Å². The monoisotopic (exact) mass is 402 g/mol. The normalized spacial score (nSPS) is 15.5. The average Bonchev–Trinajstić information content (AvgIpc) is 2.51. The standard InChI is InChI=1S/C16H23BrN2O5/c1-22-7-4-8-24-12-9-11(13(17)18-14(12)23-2)10-16(5-3-6-16)19-15(20)21/h9,19H,3-8,10H2,1-2H3,(H,20,21). The minimum absolute atomic E-state index is 0.400. The van der Waals surface area contributed by atoms with Crippen LogP contribution in [0.2, 0.25) is 0 Å². The molecule has 0 radical (unpaired) electrons. The molecule has 1 saturated carbocycles. The van der Waals surface area contributed by atoms with Crippen molar-refractivity contribution in [3.63, 3.8) is 0 Å². The number of hydrogen-bond acceptors (Lipinski definition) is 5. The number of hydrogen-bond donors (Lipinski definition) is 2. The number of nitrogens with zero attached hydrogens (tertiary/aromatic N) is 1. The summed E-state index contributed by atoms with van der Waals surface area (Å²) in [5.74, 6) is 0.952. The topological polar surface area (TPSA) is 89.9 Å². The maximum Gasteiger partial charge on any atom is 0.405 e. The van der Waals surface area contributed by atoms with Crippen LogP contribution in [0.1, 0.15) is 31.2 Å². The van der Waals surface area contributed by atoms with E-state index in [1.54, 1.807) is 7.11 Å². The number of rotatable bonds is 9. The number of aromatic nitrogens is 1. The zero-order chi connectivity index (χ0) is 17.6. The molecule has 0 atom stereocenters. The number of amides is 1. The molecule has 1 aromatic rings. The van der Waals surface area contributed by atoms with Crippen LogP contribution in [0.5, 0.6) is 11.6 Å². The van der Waals surface area contributed by atoms with Crippen molar-refractivity contribution in [2.24, 2.45) is 0 Å². The fraction of sp³-hybridized carbons (Fsp3) is 0.625. The molecule has 7 nitrogen and oxygen atoms in total. The maximum absolute atomic E-state index is 11.1. The molecule has 0 bridgehead atoms. The Hall–Kier alpha value is -1.54. The average molecular weight is 403 g/mol. The Balaban J connectivity index is 2.15. The van der Waals surface area contributed by atoms with Crippen LogP contribution < -0.4 is 14.8 Å². The van der Waals surface area contributed by atoms with Gasteiger partial charge in [-0.15, -0.1) is 0 Å². The predicted octanol–water partition coefficient (Wildman–Crippen LogP) is 3.00. The third kappa shape index (κ3) is 4.73. The van der Waals surface area contributed by atoms with E-state index in [9.17, 15) is 4.79 Å². The second-order valence-corrected chi connectivity index (χ2v) is 6.63. The van der Waals surface area contributed by atoms with Gasteiger partial charge in [0.2, 0.25) is 0 Å². The van der Waals surface area contributed by atoms with Gasteiger partial charge in [0.1, 0.15) is 4.60 Å². The second kappa shape index (κ2) is 8.53. The number of nitrogens with one attached hydrogen (secondary N) is 1. The van der Waals surface area contributed by atoms with Crippen molar-refractivity contribution in [3.8, 4) is 11.6 Å². The van der Waals surface area contributed by atoms with Crippen LogP contribution in [0.3, 0.4) is 0 Å². The highest BCUT2D eigenvalue weighted by Crippen LogP contribution is 2.38. The summed E-state index contributed by atoms with van der Waals surface area (Å²) in [6, 6.07) is 1.87. The number of ether oxygens (including phenoxy) is 3. The number of carboxylic acid groups (broad SMARTS) is 1. The van der Waals surface area contributed by atoms with E-state index in [4.69, 9.17) is 19.3 Å². The highest BCUT2D eigenvalue weighted by molar-refractivity contribution is 9.10. The van der Waals surface area contributed by atoms with Crippen molar-refractivity contribution in [1.29, 1.82) is 0 Å². The van der Waals surface area contributed by atoms with Crippen molar-refractivity contribution in [3.05, 3.63) is 16.2 Å². The van der Waals surface area contributed by atoms with Crippen LogP contribution in [0.25, 0.3) is 0 Å². The highest BCUT2D eigenvalue weighted by atomic mass is 79.9. The summed E-state index contributed by atoms with van der Waals surface area (Å²) in [6.07, 6.45) is 2.98. The molecule has 2 N–H and O–H groups in total. The lowest BCUT2D eigenvalue weighted by Gasteiger charge is -2.42. The molecule has 24 heavy (non-hydrogen) atoms. The Kier molecular flexibility index (Phi) is 6.68. The van der Waals surface area contributed by atoms with E-state index < -0.39 is 11.6 Å². The molecule has 0 unspecified atom stereocenters. The van der Waals surface area contributed by atoms with Crippen LogP contribution >= 0.6 is 15.9 Å². The van der Waals surface area contributed by atoms with Crippen LogP contribution in [0.15, 0.2) is 10.7 Å². The maximum atomic E-state index is 11.1. The van der Waals surface area contributed by atoms with Gasteiger partial charge < -0.3 is 24.6 Å². The van der Waals surface area contributed by atoms with Gasteiger partial charge in [-0.3, -0.25) is 0 Å². The molecule has 8 heteroatoms. The van der Waals surface area contributed by atoms with Crippen molar-refractivity contribution in [2.75, 3.05) is 27.4 Å². The summed E-state index contributed by atoms with van der Waals surface area (Å²) < 4.78 is 16.7. The lowest BCUT2D eigenvalue weighted by atomic mass is 9.73. The molecule has 0 aliphatic heterocycles. The van der Waals surface area contributed by atoms with Gasteiger partial charge in [0, 0.05) is 25.7 Å². The van der Waals surface area contributed by atoms with Crippen molar-refractivity contribution < 1.29 is 24.1 Å². The minimum atomic E-state index is -0.997. The number of halogens is 1. The first-order valence-corrected chi connectivity index (χ1v) is 8.65. The van der Waals surface area contributed by atoms with E-state index in [0.29, 0.717) is 35.9 Å². The quantitative estimate of drug-likeness (QED) is 0.487. The number of pyridine rings is 1. The third-order valence-corrected chi connectivity index (χ3v) is 4.82. The Labute approximate surface area is 149 Å². The summed E-state index contributed by atoms with van der Waals surface area (Å²) in [7, 11) is 3.18. The van der Waals surface area contributed by atoms with E-state index in [2.05, 4.69) is 26.2 Å². The van der Waals surface area contributed by atoms with E-state index >= 15 is 0 Å². The van der Waals surface area contributed by atoms with E-state index in [1.807, 2.05) is 6.07 Å². The summed E-state index contributed by atoms with van der Waals surface area (Å²) >= 11 is 3.45. The van der Waals surface area contributed by atoms with Crippen LogP contribution in [0, 0.1) is 0 Å². The molecule has 1 amide bonds. The molecule has 134 valence electrons. The van der Waals surface area contributed by atoms with Gasteiger partial charge in [0.05, 0.1) is 13.7 Å². The first kappa shape index (κ1) is 18.8. The predicted molar refractivity (Wildman–Crippen MR) is 91.9 cm³/mol. The summed E-state index contributed by atoms with van der Waals surface area (Å²) in [6.45, 7) is 1.11.